The van der Waals surface area contributed by atoms with E-state index in [9.17, 15) is 8.78 Å². The molecule has 0 saturated heterocycles. The summed E-state index contributed by atoms with van der Waals surface area (Å²) in [6.45, 7) is 1.90. The molecule has 0 radical (unpaired) electrons. The fourth-order valence-electron chi connectivity index (χ4n) is 2.21. The van der Waals surface area contributed by atoms with Gasteiger partial charge in [-0.25, -0.2) is 0 Å². The van der Waals surface area contributed by atoms with E-state index in [0.717, 1.165) is 16.8 Å². The Bertz CT molecular complexity index is 581. The summed E-state index contributed by atoms with van der Waals surface area (Å²) >= 11 is 0. The molecule has 1 N–H and O–H groups in total. The van der Waals surface area contributed by atoms with E-state index in [2.05, 4.69) is 22.1 Å². The summed E-state index contributed by atoms with van der Waals surface area (Å²) in [6.07, 6.45) is 1.99. The van der Waals surface area contributed by atoms with E-state index in [1.807, 2.05) is 20.2 Å². The van der Waals surface area contributed by atoms with Gasteiger partial charge in [0.1, 0.15) is 5.75 Å². The summed E-state index contributed by atoms with van der Waals surface area (Å²) in [6, 6.07) is 6.80. The van der Waals surface area contributed by atoms with Crippen molar-refractivity contribution in [1.82, 2.24) is 15.1 Å². The first-order chi connectivity index (χ1) is 9.95. The molecule has 1 unspecified atom stereocenters. The Kier molecular flexibility index (Phi) is 4.90. The van der Waals surface area contributed by atoms with Crippen molar-refractivity contribution >= 4 is 0 Å². The summed E-state index contributed by atoms with van der Waals surface area (Å²) in [7, 11) is 1.89. The molecule has 0 aliphatic rings. The molecule has 0 saturated carbocycles. The normalized spacial score (nSPS) is 12.7. The van der Waals surface area contributed by atoms with E-state index in [4.69, 9.17) is 0 Å². The molecule has 1 aromatic carbocycles. The Hall–Kier alpha value is -1.95. The van der Waals surface area contributed by atoms with Gasteiger partial charge >= 0.3 is 6.61 Å². The molecule has 114 valence electrons. The predicted molar refractivity (Wildman–Crippen MR) is 76.3 cm³/mol. The quantitative estimate of drug-likeness (QED) is 0.889. The van der Waals surface area contributed by atoms with Crippen molar-refractivity contribution in [2.75, 3.05) is 0 Å². The Morgan fingerprint density at radius 1 is 1.29 bits per heavy atom. The third kappa shape index (κ3) is 4.26. The zero-order valence-corrected chi connectivity index (χ0v) is 12.3. The van der Waals surface area contributed by atoms with Crippen molar-refractivity contribution in [2.45, 2.75) is 33.0 Å². The van der Waals surface area contributed by atoms with Gasteiger partial charge in [0.2, 0.25) is 0 Å². The highest BCUT2D eigenvalue weighted by molar-refractivity contribution is 5.27. The van der Waals surface area contributed by atoms with Gasteiger partial charge in [0.25, 0.3) is 0 Å². The van der Waals surface area contributed by atoms with Crippen LogP contribution in [0.3, 0.4) is 0 Å². The third-order valence-electron chi connectivity index (χ3n) is 3.28. The number of nitrogens with one attached hydrogen (secondary N) is 1. The molecule has 0 bridgehead atoms. The van der Waals surface area contributed by atoms with Gasteiger partial charge < -0.3 is 10.1 Å². The minimum absolute atomic E-state index is 0.163. The van der Waals surface area contributed by atoms with Crippen LogP contribution in [0, 0.1) is 6.92 Å². The van der Waals surface area contributed by atoms with Crippen LogP contribution in [0.2, 0.25) is 0 Å². The Morgan fingerprint density at radius 3 is 2.48 bits per heavy atom. The molecule has 0 aliphatic carbocycles. The number of rotatable bonds is 6. The maximum absolute atomic E-state index is 12.1. The van der Waals surface area contributed by atoms with Crippen LogP contribution in [0.15, 0.2) is 30.5 Å². The molecule has 0 amide bonds. The average molecular weight is 295 g/mol. The van der Waals surface area contributed by atoms with Gasteiger partial charge in [-0.15, -0.1) is 0 Å². The first-order valence-corrected chi connectivity index (χ1v) is 6.73. The molecular weight excluding hydrogens is 276 g/mol. The Labute approximate surface area is 122 Å². The van der Waals surface area contributed by atoms with Crippen LogP contribution < -0.4 is 10.1 Å². The van der Waals surface area contributed by atoms with E-state index in [1.54, 1.807) is 28.9 Å². The van der Waals surface area contributed by atoms with Crippen LogP contribution in [-0.2, 0) is 13.6 Å². The Balaban J connectivity index is 1.92. The topological polar surface area (TPSA) is 39.1 Å². The molecule has 0 spiro atoms. The van der Waals surface area contributed by atoms with Crippen molar-refractivity contribution in [3.8, 4) is 5.75 Å². The van der Waals surface area contributed by atoms with Crippen LogP contribution in [0.5, 0.6) is 5.75 Å². The first-order valence-electron chi connectivity index (χ1n) is 6.73. The van der Waals surface area contributed by atoms with E-state index >= 15 is 0 Å². The number of benzene rings is 1. The molecule has 0 fully saturated rings. The summed E-state index contributed by atoms with van der Waals surface area (Å²) in [5, 5.41) is 7.70. The van der Waals surface area contributed by atoms with Gasteiger partial charge in [0.15, 0.2) is 0 Å². The zero-order valence-electron chi connectivity index (χ0n) is 12.3. The number of ether oxygens (including phenoxy) is 1. The highest BCUT2D eigenvalue weighted by Gasteiger charge is 2.11. The largest absolute Gasteiger partial charge is 0.435 e. The zero-order chi connectivity index (χ0) is 15.4. The summed E-state index contributed by atoms with van der Waals surface area (Å²) in [5.74, 6) is 0.171. The fraction of sp³-hybridized carbons (Fsp3) is 0.400. The molecule has 1 heterocycles. The fourth-order valence-corrected chi connectivity index (χ4v) is 2.21. The number of halogens is 2. The van der Waals surface area contributed by atoms with E-state index in [1.165, 1.54) is 0 Å². The smallest absolute Gasteiger partial charge is 0.387 e. The number of hydrogen-bond acceptors (Lipinski definition) is 3. The van der Waals surface area contributed by atoms with Gasteiger partial charge in [-0.1, -0.05) is 12.1 Å². The maximum Gasteiger partial charge on any atom is 0.387 e. The van der Waals surface area contributed by atoms with Crippen molar-refractivity contribution in [1.29, 1.82) is 0 Å². The second kappa shape index (κ2) is 6.67. The van der Waals surface area contributed by atoms with Crippen molar-refractivity contribution < 1.29 is 13.5 Å². The van der Waals surface area contributed by atoms with Gasteiger partial charge in [0.05, 0.1) is 5.69 Å². The molecule has 0 aliphatic heterocycles. The first kappa shape index (κ1) is 15.4. The number of aryl methyl sites for hydroxylation is 2. The van der Waals surface area contributed by atoms with Crippen molar-refractivity contribution in [2.24, 2.45) is 7.05 Å². The second-order valence-electron chi connectivity index (χ2n) is 4.97. The summed E-state index contributed by atoms with van der Waals surface area (Å²) in [4.78, 5) is 0. The maximum atomic E-state index is 12.1. The van der Waals surface area contributed by atoms with Gasteiger partial charge in [-0.2, -0.15) is 13.9 Å². The van der Waals surface area contributed by atoms with Gasteiger partial charge in [-0.05, 0) is 31.5 Å². The lowest BCUT2D eigenvalue weighted by Gasteiger charge is -2.13. The third-order valence-corrected chi connectivity index (χ3v) is 3.28. The van der Waals surface area contributed by atoms with Gasteiger partial charge in [-0.3, -0.25) is 4.68 Å². The predicted octanol–water partition coefficient (Wildman–Crippen LogP) is 3.18. The average Bonchev–Trinajstić information content (AvgIpc) is 2.76. The molecule has 1 atom stereocenters. The van der Waals surface area contributed by atoms with E-state index in [0.29, 0.717) is 6.54 Å². The minimum Gasteiger partial charge on any atom is -0.435 e. The highest BCUT2D eigenvalue weighted by Crippen LogP contribution is 2.18. The molecule has 4 nitrogen and oxygen atoms in total. The van der Waals surface area contributed by atoms with Crippen LogP contribution in [0.4, 0.5) is 8.78 Å². The summed E-state index contributed by atoms with van der Waals surface area (Å²) in [5.41, 5.74) is 3.15. The van der Waals surface area contributed by atoms with Crippen LogP contribution in [0.1, 0.15) is 29.8 Å². The molecule has 21 heavy (non-hydrogen) atoms. The van der Waals surface area contributed by atoms with Gasteiger partial charge in [0, 0.05) is 31.4 Å². The second-order valence-corrected chi connectivity index (χ2v) is 4.97. The molecule has 6 heteroatoms. The monoisotopic (exact) mass is 295 g/mol. The molecule has 1 aromatic heterocycles. The molecule has 2 rings (SSSR count). The Morgan fingerprint density at radius 2 is 1.95 bits per heavy atom. The van der Waals surface area contributed by atoms with Crippen LogP contribution >= 0.6 is 0 Å². The van der Waals surface area contributed by atoms with Crippen LogP contribution in [-0.4, -0.2) is 16.4 Å². The lowest BCUT2D eigenvalue weighted by atomic mass is 10.1. The van der Waals surface area contributed by atoms with Crippen LogP contribution in [0.25, 0.3) is 0 Å². The molecule has 2 aromatic rings. The highest BCUT2D eigenvalue weighted by atomic mass is 19.3. The number of alkyl halides is 2. The van der Waals surface area contributed by atoms with E-state index < -0.39 is 6.61 Å². The number of aromatic nitrogens is 2. The number of hydrogen-bond donors (Lipinski definition) is 1. The van der Waals surface area contributed by atoms with Crippen molar-refractivity contribution in [3.05, 3.63) is 47.3 Å². The lowest BCUT2D eigenvalue weighted by Crippen LogP contribution is -2.18. The SMILES string of the molecule is Cc1nn(C)cc1C(C)NCc1ccc(OC(F)F)cc1. The number of nitrogens with zero attached hydrogens (tertiary/aromatic N) is 2. The van der Waals surface area contributed by atoms with E-state index in [-0.39, 0.29) is 11.8 Å². The lowest BCUT2D eigenvalue weighted by molar-refractivity contribution is -0.0498. The standard InChI is InChI=1S/C15H19F2N3O/c1-10(14-9-20(3)19-11(14)2)18-8-12-4-6-13(7-5-12)21-15(16)17/h4-7,9-10,15,18H,8H2,1-3H3. The van der Waals surface area contributed by atoms with Crippen molar-refractivity contribution in [3.63, 3.8) is 0 Å². The minimum atomic E-state index is -2.79. The summed E-state index contributed by atoms with van der Waals surface area (Å²) < 4.78 is 30.2. The molecular formula is C15H19F2N3O.